The molecule has 0 bridgehead atoms. The molecule has 1 N–H and O–H groups in total. The van der Waals surface area contributed by atoms with Gasteiger partial charge in [0.15, 0.2) is 0 Å². The van der Waals surface area contributed by atoms with Crippen LogP contribution >= 0.6 is 0 Å². The Labute approximate surface area is 124 Å². The van der Waals surface area contributed by atoms with Crippen LogP contribution in [0, 0.1) is 0 Å². The van der Waals surface area contributed by atoms with E-state index in [1.54, 1.807) is 11.8 Å². The Hall–Kier alpha value is -1.85. The van der Waals surface area contributed by atoms with E-state index in [-0.39, 0.29) is 11.9 Å². The monoisotopic (exact) mass is 290 g/mol. The minimum atomic E-state index is -0.770. The Kier molecular flexibility index (Phi) is 3.47. The molecule has 2 aliphatic rings. The fraction of sp³-hybridized carbons (Fsp3) is 0.667. The third kappa shape index (κ3) is 2.32. The number of aromatic nitrogens is 2. The Morgan fingerprint density at radius 1 is 1.38 bits per heavy atom. The van der Waals surface area contributed by atoms with Gasteiger partial charge in [0.1, 0.15) is 5.54 Å². The van der Waals surface area contributed by atoms with E-state index in [2.05, 4.69) is 10.4 Å². The molecule has 1 aliphatic heterocycles. The lowest BCUT2D eigenvalue weighted by Gasteiger charge is -2.30. The van der Waals surface area contributed by atoms with Crippen LogP contribution in [0.4, 0.5) is 4.79 Å². The summed E-state index contributed by atoms with van der Waals surface area (Å²) in [4.78, 5) is 25.5. The molecular formula is C15H22N4O2. The average molecular weight is 290 g/mol. The van der Waals surface area contributed by atoms with Crippen molar-refractivity contribution in [3.8, 4) is 0 Å². The van der Waals surface area contributed by atoms with Gasteiger partial charge in [-0.2, -0.15) is 5.10 Å². The number of nitrogens with one attached hydrogen (secondary N) is 1. The molecule has 1 aromatic rings. The number of rotatable bonds is 4. The van der Waals surface area contributed by atoms with Gasteiger partial charge in [-0.25, -0.2) is 4.79 Å². The first-order valence-corrected chi connectivity index (χ1v) is 7.71. The number of hydrogen-bond donors (Lipinski definition) is 1. The van der Waals surface area contributed by atoms with Gasteiger partial charge in [-0.15, -0.1) is 0 Å². The zero-order valence-electron chi connectivity index (χ0n) is 12.6. The summed E-state index contributed by atoms with van der Waals surface area (Å²) in [5.74, 6) is -0.217. The van der Waals surface area contributed by atoms with Gasteiger partial charge in [-0.3, -0.25) is 14.8 Å². The predicted molar refractivity (Wildman–Crippen MR) is 77.5 cm³/mol. The third-order valence-electron chi connectivity index (χ3n) is 4.92. The second-order valence-corrected chi connectivity index (χ2v) is 6.20. The molecule has 3 amide bonds. The van der Waals surface area contributed by atoms with Crippen LogP contribution in [0.15, 0.2) is 12.3 Å². The van der Waals surface area contributed by atoms with Crippen molar-refractivity contribution in [2.24, 2.45) is 0 Å². The fourth-order valence-electron chi connectivity index (χ4n) is 3.24. The van der Waals surface area contributed by atoms with E-state index in [0.717, 1.165) is 5.69 Å². The van der Waals surface area contributed by atoms with Crippen LogP contribution in [0.1, 0.15) is 57.7 Å². The minimum Gasteiger partial charge on any atom is -0.304 e. The van der Waals surface area contributed by atoms with Gasteiger partial charge in [-0.05, 0) is 32.3 Å². The summed E-state index contributed by atoms with van der Waals surface area (Å²) < 4.78 is 2.02. The summed E-state index contributed by atoms with van der Waals surface area (Å²) in [6.45, 7) is 4.10. The van der Waals surface area contributed by atoms with E-state index < -0.39 is 5.54 Å². The first-order chi connectivity index (χ1) is 10.0. The first kappa shape index (κ1) is 14.1. The molecule has 0 spiro atoms. The van der Waals surface area contributed by atoms with Crippen LogP contribution in [0.2, 0.25) is 0 Å². The molecule has 2 fully saturated rings. The van der Waals surface area contributed by atoms with E-state index in [9.17, 15) is 9.59 Å². The highest BCUT2D eigenvalue weighted by molar-refractivity contribution is 6.06. The summed E-state index contributed by atoms with van der Waals surface area (Å²) in [6, 6.07) is 2.12. The zero-order valence-corrected chi connectivity index (χ0v) is 12.6. The number of carbonyl (C=O) groups is 2. The molecule has 2 heterocycles. The van der Waals surface area contributed by atoms with Gasteiger partial charge in [-0.1, -0.05) is 19.8 Å². The van der Waals surface area contributed by atoms with Gasteiger partial charge < -0.3 is 4.90 Å². The van der Waals surface area contributed by atoms with Crippen LogP contribution in [0.5, 0.6) is 0 Å². The maximum atomic E-state index is 12.0. The number of imide groups is 1. The Balaban J connectivity index is 1.76. The lowest BCUT2D eigenvalue weighted by Crippen LogP contribution is -2.46. The van der Waals surface area contributed by atoms with Crippen LogP contribution in [-0.4, -0.2) is 32.2 Å². The molecule has 21 heavy (non-hydrogen) atoms. The van der Waals surface area contributed by atoms with E-state index in [1.807, 2.05) is 23.9 Å². The highest BCUT2D eigenvalue weighted by atomic mass is 16.2. The molecule has 114 valence electrons. The van der Waals surface area contributed by atoms with Crippen molar-refractivity contribution in [2.45, 2.75) is 64.1 Å². The molecule has 1 atom stereocenters. The predicted octanol–water partition coefficient (Wildman–Crippen LogP) is 2.22. The molecule has 1 saturated carbocycles. The van der Waals surface area contributed by atoms with Gasteiger partial charge in [0.25, 0.3) is 5.91 Å². The van der Waals surface area contributed by atoms with Crippen LogP contribution in [0.3, 0.4) is 0 Å². The van der Waals surface area contributed by atoms with E-state index in [1.165, 1.54) is 25.7 Å². The van der Waals surface area contributed by atoms with Crippen molar-refractivity contribution in [1.29, 1.82) is 0 Å². The highest BCUT2D eigenvalue weighted by Crippen LogP contribution is 2.30. The Bertz CT molecular complexity index is 562. The zero-order chi connectivity index (χ0) is 15.0. The lowest BCUT2D eigenvalue weighted by atomic mass is 9.97. The number of carbonyl (C=O) groups excluding carboxylic acids is 2. The second kappa shape index (κ2) is 5.16. The summed E-state index contributed by atoms with van der Waals surface area (Å²) in [5.41, 5.74) is 0.0697. The molecule has 6 nitrogen and oxygen atoms in total. The second-order valence-electron chi connectivity index (χ2n) is 6.20. The normalized spacial score (nSPS) is 26.7. The highest BCUT2D eigenvalue weighted by Gasteiger charge is 2.47. The summed E-state index contributed by atoms with van der Waals surface area (Å²) in [6.07, 6.45) is 7.46. The Morgan fingerprint density at radius 3 is 2.76 bits per heavy atom. The van der Waals surface area contributed by atoms with Gasteiger partial charge in [0, 0.05) is 6.20 Å². The molecule has 1 unspecified atom stereocenters. The van der Waals surface area contributed by atoms with E-state index >= 15 is 0 Å². The molecule has 1 aromatic heterocycles. The van der Waals surface area contributed by atoms with Crippen molar-refractivity contribution >= 4 is 11.9 Å². The van der Waals surface area contributed by atoms with Crippen molar-refractivity contribution in [3.63, 3.8) is 0 Å². The fourth-order valence-corrected chi connectivity index (χ4v) is 3.24. The summed E-state index contributed by atoms with van der Waals surface area (Å²) in [7, 11) is 0. The van der Waals surface area contributed by atoms with Gasteiger partial charge in [0.05, 0.1) is 18.3 Å². The maximum Gasteiger partial charge on any atom is 0.325 e. The summed E-state index contributed by atoms with van der Waals surface area (Å²) in [5, 5.41) is 7.00. The first-order valence-electron chi connectivity index (χ1n) is 7.71. The van der Waals surface area contributed by atoms with Gasteiger partial charge >= 0.3 is 6.03 Å². The van der Waals surface area contributed by atoms with Crippen LogP contribution < -0.4 is 5.32 Å². The summed E-state index contributed by atoms with van der Waals surface area (Å²) >= 11 is 0. The molecule has 1 saturated heterocycles. The standard InChI is InChI=1S/C15H22N4O2/c1-3-15(2)13(20)16-14(21)18(15)10-11-8-9-19(17-11)12-6-4-5-7-12/h8-9,12H,3-7,10H2,1-2H3,(H,16,20,21). The number of hydrogen-bond acceptors (Lipinski definition) is 3. The SMILES string of the molecule is CCC1(C)C(=O)NC(=O)N1Cc1ccn(C2CCCC2)n1. The number of amides is 3. The van der Waals surface area contributed by atoms with Crippen molar-refractivity contribution in [1.82, 2.24) is 20.0 Å². The topological polar surface area (TPSA) is 67.2 Å². The van der Waals surface area contributed by atoms with Crippen LogP contribution in [0.25, 0.3) is 0 Å². The molecular weight excluding hydrogens is 268 g/mol. The van der Waals surface area contributed by atoms with E-state index in [4.69, 9.17) is 0 Å². The van der Waals surface area contributed by atoms with Gasteiger partial charge in [0.2, 0.25) is 0 Å². The smallest absolute Gasteiger partial charge is 0.304 e. The third-order valence-corrected chi connectivity index (χ3v) is 4.92. The minimum absolute atomic E-state index is 0.217. The van der Waals surface area contributed by atoms with Crippen molar-refractivity contribution in [2.75, 3.05) is 0 Å². The largest absolute Gasteiger partial charge is 0.325 e. The maximum absolute atomic E-state index is 12.0. The Morgan fingerprint density at radius 2 is 2.10 bits per heavy atom. The number of urea groups is 1. The molecule has 1 aliphatic carbocycles. The van der Waals surface area contributed by atoms with E-state index in [0.29, 0.717) is 19.0 Å². The lowest BCUT2D eigenvalue weighted by molar-refractivity contribution is -0.126. The van der Waals surface area contributed by atoms with Crippen molar-refractivity contribution in [3.05, 3.63) is 18.0 Å². The quantitative estimate of drug-likeness (QED) is 0.865. The van der Waals surface area contributed by atoms with Crippen molar-refractivity contribution < 1.29 is 9.59 Å². The average Bonchev–Trinajstić information content (AvgIpc) is 3.17. The van der Waals surface area contributed by atoms with Crippen LogP contribution in [-0.2, 0) is 11.3 Å². The molecule has 3 rings (SSSR count). The molecule has 6 heteroatoms. The number of nitrogens with zero attached hydrogens (tertiary/aromatic N) is 3. The molecule has 0 aromatic carbocycles. The molecule has 0 radical (unpaired) electrons.